The SMILES string of the molecule is CCOC(=O)c1ccc(NC2CCN(C(=O)OCC)CC2)c([N+](=O)[O-])c1. The minimum atomic E-state index is -0.593. The molecule has 9 nitrogen and oxygen atoms in total. The molecule has 1 fully saturated rings. The van der Waals surface area contributed by atoms with Gasteiger partial charge in [0, 0.05) is 25.2 Å². The molecule has 0 radical (unpaired) electrons. The molecule has 2 rings (SSSR count). The van der Waals surface area contributed by atoms with E-state index in [2.05, 4.69) is 5.32 Å². The predicted molar refractivity (Wildman–Crippen MR) is 94.3 cm³/mol. The summed E-state index contributed by atoms with van der Waals surface area (Å²) in [5.74, 6) is -0.593. The number of rotatable bonds is 6. The summed E-state index contributed by atoms with van der Waals surface area (Å²) >= 11 is 0. The number of carbonyl (C=O) groups is 2. The van der Waals surface area contributed by atoms with Crippen molar-refractivity contribution in [3.8, 4) is 0 Å². The Balaban J connectivity index is 2.04. The van der Waals surface area contributed by atoms with Crippen LogP contribution in [0.1, 0.15) is 37.0 Å². The van der Waals surface area contributed by atoms with Gasteiger partial charge in [-0.25, -0.2) is 9.59 Å². The molecule has 0 aromatic heterocycles. The average molecular weight is 365 g/mol. The Kier molecular flexibility index (Phi) is 6.76. The fraction of sp³-hybridized carbons (Fsp3) is 0.529. The maximum absolute atomic E-state index is 11.8. The molecule has 0 aliphatic carbocycles. The molecule has 0 spiro atoms. The molecule has 0 bridgehead atoms. The molecule has 1 amide bonds. The Hall–Kier alpha value is -2.84. The summed E-state index contributed by atoms with van der Waals surface area (Å²) in [5, 5.41) is 14.5. The van der Waals surface area contributed by atoms with Gasteiger partial charge in [-0.05, 0) is 38.8 Å². The summed E-state index contributed by atoms with van der Waals surface area (Å²) in [6.45, 7) is 4.99. The van der Waals surface area contributed by atoms with Gasteiger partial charge in [0.1, 0.15) is 5.69 Å². The van der Waals surface area contributed by atoms with Crippen LogP contribution in [0.4, 0.5) is 16.2 Å². The van der Waals surface area contributed by atoms with Crippen molar-refractivity contribution in [3.63, 3.8) is 0 Å². The topological polar surface area (TPSA) is 111 Å². The van der Waals surface area contributed by atoms with Crippen LogP contribution in [0.15, 0.2) is 18.2 Å². The number of carbonyl (C=O) groups excluding carboxylic acids is 2. The van der Waals surface area contributed by atoms with Gasteiger partial charge in [0.2, 0.25) is 0 Å². The first kappa shape index (κ1) is 19.5. The lowest BCUT2D eigenvalue weighted by Crippen LogP contribution is -2.42. The number of nitrogens with one attached hydrogen (secondary N) is 1. The lowest BCUT2D eigenvalue weighted by Gasteiger charge is -2.32. The first-order chi connectivity index (χ1) is 12.5. The maximum Gasteiger partial charge on any atom is 0.409 e. The summed E-state index contributed by atoms with van der Waals surface area (Å²) in [6.07, 6.45) is 0.960. The molecule has 1 heterocycles. The monoisotopic (exact) mass is 365 g/mol. The van der Waals surface area contributed by atoms with Crippen LogP contribution in [-0.4, -0.2) is 54.2 Å². The largest absolute Gasteiger partial charge is 0.462 e. The number of amides is 1. The van der Waals surface area contributed by atoms with Gasteiger partial charge in [-0.1, -0.05) is 0 Å². The van der Waals surface area contributed by atoms with E-state index in [1.165, 1.54) is 18.2 Å². The molecule has 0 atom stereocenters. The fourth-order valence-corrected chi connectivity index (χ4v) is 2.79. The number of anilines is 1. The zero-order chi connectivity index (χ0) is 19.1. The van der Waals surface area contributed by atoms with E-state index >= 15 is 0 Å². The number of nitro benzene ring substituents is 1. The van der Waals surface area contributed by atoms with E-state index in [1.807, 2.05) is 0 Å². The molecule has 1 aromatic rings. The molecule has 0 unspecified atom stereocenters. The highest BCUT2D eigenvalue weighted by Gasteiger charge is 2.26. The summed E-state index contributed by atoms with van der Waals surface area (Å²) in [4.78, 5) is 35.9. The fourth-order valence-electron chi connectivity index (χ4n) is 2.79. The van der Waals surface area contributed by atoms with E-state index in [9.17, 15) is 19.7 Å². The van der Waals surface area contributed by atoms with Crippen LogP contribution in [0.5, 0.6) is 0 Å². The van der Waals surface area contributed by atoms with E-state index in [0.717, 1.165) is 0 Å². The molecule has 1 aromatic carbocycles. The third-order valence-electron chi connectivity index (χ3n) is 4.09. The van der Waals surface area contributed by atoms with Crippen LogP contribution < -0.4 is 5.32 Å². The van der Waals surface area contributed by atoms with Crippen molar-refractivity contribution in [1.29, 1.82) is 0 Å². The zero-order valence-corrected chi connectivity index (χ0v) is 14.9. The second kappa shape index (κ2) is 9.02. The maximum atomic E-state index is 11.8. The van der Waals surface area contributed by atoms with Crippen molar-refractivity contribution < 1.29 is 24.0 Å². The minimum absolute atomic E-state index is 0.00665. The molecular formula is C17H23N3O6. The molecule has 26 heavy (non-hydrogen) atoms. The highest BCUT2D eigenvalue weighted by Crippen LogP contribution is 2.28. The Labute approximate surface area is 151 Å². The van der Waals surface area contributed by atoms with Crippen molar-refractivity contribution >= 4 is 23.4 Å². The van der Waals surface area contributed by atoms with Gasteiger partial charge >= 0.3 is 12.1 Å². The Morgan fingerprint density at radius 2 is 1.88 bits per heavy atom. The number of piperidine rings is 1. The van der Waals surface area contributed by atoms with Gasteiger partial charge in [-0.15, -0.1) is 0 Å². The van der Waals surface area contributed by atoms with Crippen LogP contribution in [-0.2, 0) is 9.47 Å². The van der Waals surface area contributed by atoms with E-state index < -0.39 is 10.9 Å². The number of hydrogen-bond acceptors (Lipinski definition) is 7. The van der Waals surface area contributed by atoms with Crippen LogP contribution in [0, 0.1) is 10.1 Å². The van der Waals surface area contributed by atoms with Crippen molar-refractivity contribution in [2.24, 2.45) is 0 Å². The summed E-state index contributed by atoms with van der Waals surface area (Å²) in [6, 6.07) is 4.23. The highest BCUT2D eigenvalue weighted by atomic mass is 16.6. The highest BCUT2D eigenvalue weighted by molar-refractivity contribution is 5.91. The Bertz CT molecular complexity index is 670. The minimum Gasteiger partial charge on any atom is -0.462 e. The van der Waals surface area contributed by atoms with E-state index in [4.69, 9.17) is 9.47 Å². The smallest absolute Gasteiger partial charge is 0.409 e. The van der Waals surface area contributed by atoms with Crippen molar-refractivity contribution in [3.05, 3.63) is 33.9 Å². The number of hydrogen-bond donors (Lipinski definition) is 1. The number of likely N-dealkylation sites (tertiary alicyclic amines) is 1. The molecule has 1 aliphatic rings. The third kappa shape index (κ3) is 4.84. The van der Waals surface area contributed by atoms with Crippen molar-refractivity contribution in [2.45, 2.75) is 32.7 Å². The lowest BCUT2D eigenvalue weighted by molar-refractivity contribution is -0.384. The van der Waals surface area contributed by atoms with Crippen molar-refractivity contribution in [2.75, 3.05) is 31.6 Å². The third-order valence-corrected chi connectivity index (χ3v) is 4.09. The molecule has 9 heteroatoms. The molecule has 1 saturated heterocycles. The summed E-state index contributed by atoms with van der Waals surface area (Å²) in [7, 11) is 0. The van der Waals surface area contributed by atoms with E-state index in [0.29, 0.717) is 38.2 Å². The molecule has 0 saturated carbocycles. The van der Waals surface area contributed by atoms with Gasteiger partial charge < -0.3 is 19.7 Å². The van der Waals surface area contributed by atoms with Crippen LogP contribution in [0.25, 0.3) is 0 Å². The number of benzene rings is 1. The van der Waals surface area contributed by atoms with Gasteiger partial charge in [-0.3, -0.25) is 10.1 Å². The quantitative estimate of drug-likeness (QED) is 0.469. The molecule has 1 aliphatic heterocycles. The first-order valence-electron chi connectivity index (χ1n) is 8.60. The first-order valence-corrected chi connectivity index (χ1v) is 8.60. The number of nitrogens with zero attached hydrogens (tertiary/aromatic N) is 2. The predicted octanol–water partition coefficient (Wildman–Crippen LogP) is 2.80. The Morgan fingerprint density at radius 1 is 1.23 bits per heavy atom. The number of esters is 1. The van der Waals surface area contributed by atoms with Gasteiger partial charge in [0.25, 0.3) is 5.69 Å². The second-order valence-electron chi connectivity index (χ2n) is 5.81. The molecular weight excluding hydrogens is 342 g/mol. The summed E-state index contributed by atoms with van der Waals surface area (Å²) in [5.41, 5.74) is 0.308. The van der Waals surface area contributed by atoms with E-state index in [-0.39, 0.29) is 30.0 Å². The van der Waals surface area contributed by atoms with Gasteiger partial charge in [0.05, 0.1) is 23.7 Å². The van der Waals surface area contributed by atoms with Gasteiger partial charge in [-0.2, -0.15) is 0 Å². The zero-order valence-electron chi connectivity index (χ0n) is 14.9. The van der Waals surface area contributed by atoms with Gasteiger partial charge in [0.15, 0.2) is 0 Å². The summed E-state index contributed by atoms with van der Waals surface area (Å²) < 4.78 is 9.85. The Morgan fingerprint density at radius 3 is 2.46 bits per heavy atom. The lowest BCUT2D eigenvalue weighted by atomic mass is 10.0. The van der Waals surface area contributed by atoms with Crippen LogP contribution in [0.2, 0.25) is 0 Å². The standard InChI is InChI=1S/C17H23N3O6/c1-3-25-16(21)12-5-6-14(15(11-12)20(23)24)18-13-7-9-19(10-8-13)17(22)26-4-2/h5-6,11,13,18H,3-4,7-10H2,1-2H3. The van der Waals surface area contributed by atoms with Crippen molar-refractivity contribution in [1.82, 2.24) is 4.90 Å². The van der Waals surface area contributed by atoms with Crippen LogP contribution in [0.3, 0.4) is 0 Å². The second-order valence-corrected chi connectivity index (χ2v) is 5.81. The normalized spacial score (nSPS) is 14.6. The number of ether oxygens (including phenoxy) is 2. The van der Waals surface area contributed by atoms with Crippen LogP contribution >= 0.6 is 0 Å². The molecule has 142 valence electrons. The molecule has 1 N–H and O–H groups in total. The number of nitro groups is 1. The van der Waals surface area contributed by atoms with E-state index in [1.54, 1.807) is 18.7 Å². The average Bonchev–Trinajstić information content (AvgIpc) is 2.62.